The van der Waals surface area contributed by atoms with E-state index >= 15 is 0 Å². The lowest BCUT2D eigenvalue weighted by molar-refractivity contribution is 0.492. The van der Waals surface area contributed by atoms with Gasteiger partial charge in [-0.05, 0) is 81.0 Å². The van der Waals surface area contributed by atoms with Gasteiger partial charge in [0.1, 0.15) is 5.82 Å². The standard InChI is InChI=1S/C20H24FN3S.C8H18.C7H7Cl.C3H8.C2H6/c1-6-7-18(23-14(2)3)19-20(24(5)10-11-25-13-22-19)16-8-9-17(21)15(4)12-16;1-4-6-7-8(3)5-2;1-6-2-4-7(8)5-3-6;1-3-2;1-2/h6-12,22H,1,13H2,2-5H3;8H,4-7H2,1-3H3;2-5H,1H3;3H2,1-2H3;1-2H3/b11-10-,18-7-,20-19-;;;;. The van der Waals surface area contributed by atoms with Crippen LogP contribution in [-0.2, 0) is 0 Å². The second-order valence-electron chi connectivity index (χ2n) is 11.1. The molecule has 0 saturated carbocycles. The predicted molar refractivity (Wildman–Crippen MR) is 210 cm³/mol. The highest BCUT2D eigenvalue weighted by Crippen LogP contribution is 2.29. The smallest absolute Gasteiger partial charge is 0.126 e. The Morgan fingerprint density at radius 3 is 2.17 bits per heavy atom. The molecule has 6 heteroatoms. The van der Waals surface area contributed by atoms with Crippen molar-refractivity contribution in [1.29, 1.82) is 0 Å². The summed E-state index contributed by atoms with van der Waals surface area (Å²) in [6.07, 6.45) is 12.4. The van der Waals surface area contributed by atoms with E-state index in [0.29, 0.717) is 5.56 Å². The van der Waals surface area contributed by atoms with Gasteiger partial charge in [0.05, 0.1) is 23.0 Å². The first kappa shape index (κ1) is 45.4. The fourth-order valence-electron chi connectivity index (χ4n) is 3.80. The first-order valence-corrected chi connectivity index (χ1v) is 18.2. The first-order chi connectivity index (χ1) is 21.9. The molecule has 1 atom stereocenters. The molecule has 1 unspecified atom stereocenters. The molecule has 0 radical (unpaired) electrons. The van der Waals surface area contributed by atoms with Crippen LogP contribution in [0, 0.1) is 25.6 Å². The van der Waals surface area contributed by atoms with Crippen LogP contribution in [0.15, 0.2) is 89.2 Å². The highest BCUT2D eigenvalue weighted by atomic mass is 35.5. The molecule has 0 fully saturated rings. The molecule has 0 aromatic heterocycles. The normalized spacial score (nSPS) is 15.2. The van der Waals surface area contributed by atoms with Gasteiger partial charge in [-0.15, -0.1) is 11.8 Å². The van der Waals surface area contributed by atoms with Crippen LogP contribution in [-0.4, -0.2) is 23.5 Å². The van der Waals surface area contributed by atoms with E-state index in [2.05, 4.69) is 51.5 Å². The summed E-state index contributed by atoms with van der Waals surface area (Å²) in [5, 5.41) is 6.29. The summed E-state index contributed by atoms with van der Waals surface area (Å²) in [7, 11) is 1.98. The average Bonchev–Trinajstić information content (AvgIpc) is 3.02. The van der Waals surface area contributed by atoms with Crippen molar-refractivity contribution in [1.82, 2.24) is 10.2 Å². The fraction of sp³-hybridized carbons (Fsp3) is 0.475. The molecule has 1 heterocycles. The Hall–Kier alpha value is -2.76. The number of unbranched alkanes of at least 4 members (excludes halogenated alkanes) is 1. The van der Waals surface area contributed by atoms with Crippen molar-refractivity contribution in [3.05, 3.63) is 112 Å². The van der Waals surface area contributed by atoms with Gasteiger partial charge in [-0.1, -0.05) is 123 Å². The van der Waals surface area contributed by atoms with Crippen LogP contribution < -0.4 is 5.32 Å². The molecule has 0 bridgehead atoms. The number of thioether (sulfide) groups is 1. The number of allylic oxidation sites excluding steroid dienone is 2. The number of hydrogen-bond acceptors (Lipinski definition) is 4. The van der Waals surface area contributed by atoms with E-state index in [1.807, 2.05) is 94.6 Å². The highest BCUT2D eigenvalue weighted by Gasteiger charge is 2.18. The zero-order valence-electron chi connectivity index (χ0n) is 30.9. The average molecular weight is 672 g/mol. The van der Waals surface area contributed by atoms with E-state index in [-0.39, 0.29) is 5.82 Å². The van der Waals surface area contributed by atoms with E-state index in [0.717, 1.165) is 45.2 Å². The molecule has 1 N–H and O–H groups in total. The highest BCUT2D eigenvalue weighted by molar-refractivity contribution is 8.02. The Morgan fingerprint density at radius 1 is 1.09 bits per heavy atom. The summed E-state index contributed by atoms with van der Waals surface area (Å²) >= 11 is 7.28. The maximum absolute atomic E-state index is 13.7. The summed E-state index contributed by atoms with van der Waals surface area (Å²) in [4.78, 5) is 6.69. The minimum Gasteiger partial charge on any atom is -0.372 e. The number of aryl methyl sites for hydroxylation is 2. The lowest BCUT2D eigenvalue weighted by atomic mass is 10.0. The fourth-order valence-corrected chi connectivity index (χ4v) is 4.52. The van der Waals surface area contributed by atoms with Gasteiger partial charge in [0.25, 0.3) is 0 Å². The summed E-state index contributed by atoms with van der Waals surface area (Å²) in [6.45, 7) is 26.6. The van der Waals surface area contributed by atoms with E-state index in [9.17, 15) is 4.39 Å². The second kappa shape index (κ2) is 28.5. The van der Waals surface area contributed by atoms with Crippen molar-refractivity contribution < 1.29 is 4.39 Å². The monoisotopic (exact) mass is 671 g/mol. The maximum atomic E-state index is 13.7. The number of nitrogens with zero attached hydrogens (tertiary/aromatic N) is 2. The molecule has 1 aliphatic heterocycles. The molecule has 0 amide bonds. The number of rotatable bonds is 8. The predicted octanol–water partition coefficient (Wildman–Crippen LogP) is 13.4. The molecule has 1 aliphatic rings. The molecule has 0 aliphatic carbocycles. The third kappa shape index (κ3) is 20.4. The summed E-state index contributed by atoms with van der Waals surface area (Å²) in [5.74, 6) is 1.47. The Bertz CT molecular complexity index is 1190. The number of hydrogen-bond donors (Lipinski definition) is 1. The van der Waals surface area contributed by atoms with Crippen LogP contribution in [0.5, 0.6) is 0 Å². The van der Waals surface area contributed by atoms with Gasteiger partial charge in [0.2, 0.25) is 0 Å². The van der Waals surface area contributed by atoms with Crippen LogP contribution in [0.4, 0.5) is 4.39 Å². The number of nitrogens with one attached hydrogen (secondary N) is 1. The summed E-state index contributed by atoms with van der Waals surface area (Å²) in [6, 6.07) is 12.9. The Balaban J connectivity index is 0. The molecule has 0 spiro atoms. The summed E-state index contributed by atoms with van der Waals surface area (Å²) in [5.41, 5.74) is 6.38. The Morgan fingerprint density at radius 2 is 1.70 bits per heavy atom. The van der Waals surface area contributed by atoms with E-state index < -0.39 is 0 Å². The summed E-state index contributed by atoms with van der Waals surface area (Å²) < 4.78 is 13.7. The third-order valence-corrected chi connectivity index (χ3v) is 7.25. The lowest BCUT2D eigenvalue weighted by Gasteiger charge is -2.26. The maximum Gasteiger partial charge on any atom is 0.126 e. The minimum atomic E-state index is -0.206. The van der Waals surface area contributed by atoms with Gasteiger partial charge >= 0.3 is 0 Å². The van der Waals surface area contributed by atoms with Gasteiger partial charge in [-0.2, -0.15) is 0 Å². The lowest BCUT2D eigenvalue weighted by Crippen LogP contribution is -2.23. The SMILES string of the molecule is C=C/C=C(N=C(C)C)/C1=C(\c2ccc(F)c(C)c2)N(C)/C=C\SCN1.CC.CCC.CCCCC(C)CC.Cc1ccc(Cl)cc1. The Labute approximate surface area is 292 Å². The Kier molecular flexibility index (Phi) is 28.1. The van der Waals surface area contributed by atoms with Crippen molar-refractivity contribution in [3.63, 3.8) is 0 Å². The largest absolute Gasteiger partial charge is 0.372 e. The number of aliphatic imine (C=N–C) groups is 1. The number of benzene rings is 2. The zero-order chi connectivity index (χ0) is 35.5. The van der Waals surface area contributed by atoms with Crippen LogP contribution in [0.3, 0.4) is 0 Å². The van der Waals surface area contributed by atoms with E-state index in [1.54, 1.807) is 30.8 Å². The van der Waals surface area contributed by atoms with Crippen molar-refractivity contribution in [2.75, 3.05) is 12.9 Å². The van der Waals surface area contributed by atoms with Crippen LogP contribution in [0.25, 0.3) is 5.70 Å². The van der Waals surface area contributed by atoms with Crippen LogP contribution in [0.1, 0.15) is 111 Å². The van der Waals surface area contributed by atoms with Crippen molar-refractivity contribution in [2.24, 2.45) is 10.9 Å². The van der Waals surface area contributed by atoms with Gasteiger partial charge in [0, 0.05) is 29.5 Å². The molecule has 258 valence electrons. The van der Waals surface area contributed by atoms with E-state index in [1.165, 1.54) is 43.7 Å². The van der Waals surface area contributed by atoms with Gasteiger partial charge < -0.3 is 10.2 Å². The number of halogens is 2. The quantitative estimate of drug-likeness (QED) is 0.223. The second-order valence-corrected chi connectivity index (χ2v) is 12.4. The minimum absolute atomic E-state index is 0.206. The molecule has 2 aromatic carbocycles. The van der Waals surface area contributed by atoms with Crippen LogP contribution >= 0.6 is 23.4 Å². The topological polar surface area (TPSA) is 27.6 Å². The molecule has 3 rings (SSSR count). The molecule has 2 aromatic rings. The molecule has 3 nitrogen and oxygen atoms in total. The van der Waals surface area contributed by atoms with Gasteiger partial charge in [0.15, 0.2) is 0 Å². The third-order valence-electron chi connectivity index (χ3n) is 6.37. The van der Waals surface area contributed by atoms with Crippen molar-refractivity contribution in [3.8, 4) is 0 Å². The van der Waals surface area contributed by atoms with Crippen LogP contribution in [0.2, 0.25) is 5.02 Å². The van der Waals surface area contributed by atoms with E-state index in [4.69, 9.17) is 11.6 Å². The first-order valence-electron chi connectivity index (χ1n) is 16.8. The van der Waals surface area contributed by atoms with Crippen molar-refractivity contribution in [2.45, 2.75) is 108 Å². The van der Waals surface area contributed by atoms with Gasteiger partial charge in [-0.25, -0.2) is 4.39 Å². The molecule has 46 heavy (non-hydrogen) atoms. The molecule has 0 saturated heterocycles. The van der Waals surface area contributed by atoms with Gasteiger partial charge in [-0.3, -0.25) is 4.99 Å². The van der Waals surface area contributed by atoms with Crippen molar-refractivity contribution >= 4 is 34.8 Å². The molecular weight excluding hydrogens is 609 g/mol. The molecular formula is C40H63ClFN3S. The zero-order valence-corrected chi connectivity index (χ0v) is 32.5.